The molecule has 0 heterocycles. The third-order valence-electron chi connectivity index (χ3n) is 3.69. The summed E-state index contributed by atoms with van der Waals surface area (Å²) in [6.07, 6.45) is 0. The van der Waals surface area contributed by atoms with E-state index >= 15 is 0 Å². The Balaban J connectivity index is 1.95. The Morgan fingerprint density at radius 1 is 0.885 bits per heavy atom. The van der Waals surface area contributed by atoms with Gasteiger partial charge >= 0.3 is 0 Å². The first-order valence-corrected chi connectivity index (χ1v) is 8.76. The summed E-state index contributed by atoms with van der Waals surface area (Å²) in [4.78, 5) is 16.3. The molecule has 0 atom stereocenters. The quantitative estimate of drug-likeness (QED) is 0.528. The molecule has 0 aliphatic heterocycles. The lowest BCUT2D eigenvalue weighted by molar-refractivity contribution is 0.0956. The highest BCUT2D eigenvalue weighted by molar-refractivity contribution is 5.94. The van der Waals surface area contributed by atoms with Crippen LogP contribution in [-0.4, -0.2) is 25.0 Å². The van der Waals surface area contributed by atoms with Crippen molar-refractivity contribution in [1.82, 2.24) is 16.0 Å². The lowest BCUT2D eigenvalue weighted by Crippen LogP contribution is -2.36. The maximum absolute atomic E-state index is 13.0. The second-order valence-corrected chi connectivity index (χ2v) is 5.73. The van der Waals surface area contributed by atoms with Crippen molar-refractivity contribution in [3.05, 3.63) is 71.0 Å². The molecule has 0 unspecified atom stereocenters. The number of nitrogens with one attached hydrogen (secondary N) is 3. The van der Waals surface area contributed by atoms with Gasteiger partial charge in [-0.3, -0.25) is 4.79 Å². The van der Waals surface area contributed by atoms with Gasteiger partial charge in [0.25, 0.3) is 5.91 Å². The number of nitrogens with zero attached hydrogens (tertiary/aromatic N) is 1. The molecule has 2 rings (SSSR count). The molecular weight excluding hydrogens is 331 g/mol. The Morgan fingerprint density at radius 2 is 1.50 bits per heavy atom. The van der Waals surface area contributed by atoms with Crippen molar-refractivity contribution in [2.45, 2.75) is 26.9 Å². The third-order valence-corrected chi connectivity index (χ3v) is 3.69. The van der Waals surface area contributed by atoms with Gasteiger partial charge in [0.15, 0.2) is 5.96 Å². The van der Waals surface area contributed by atoms with E-state index < -0.39 is 0 Å². The Labute approximate surface area is 153 Å². The average molecular weight is 356 g/mol. The second-order valence-electron chi connectivity index (χ2n) is 5.73. The minimum Gasteiger partial charge on any atom is -0.357 e. The number of aliphatic imine (C=N–C) groups is 1. The van der Waals surface area contributed by atoms with E-state index in [2.05, 4.69) is 20.9 Å². The summed E-state index contributed by atoms with van der Waals surface area (Å²) in [5.74, 6) is 0.367. The van der Waals surface area contributed by atoms with Crippen molar-refractivity contribution in [3.63, 3.8) is 0 Å². The number of carbonyl (C=O) groups is 1. The molecule has 0 aliphatic carbocycles. The Bertz CT molecular complexity index is 726. The average Bonchev–Trinajstić information content (AvgIpc) is 2.66. The number of hydrogen-bond donors (Lipinski definition) is 3. The van der Waals surface area contributed by atoms with Crippen LogP contribution in [0.5, 0.6) is 0 Å². The molecule has 2 aromatic carbocycles. The van der Waals surface area contributed by atoms with Crippen LogP contribution in [-0.2, 0) is 13.1 Å². The minimum atomic E-state index is -0.245. The number of hydrogen-bond acceptors (Lipinski definition) is 2. The van der Waals surface area contributed by atoms with Crippen LogP contribution in [0.4, 0.5) is 4.39 Å². The molecule has 0 radical (unpaired) electrons. The van der Waals surface area contributed by atoms with Gasteiger partial charge in [-0.1, -0.05) is 24.3 Å². The summed E-state index contributed by atoms with van der Waals surface area (Å²) < 4.78 is 13.0. The highest BCUT2D eigenvalue weighted by Gasteiger charge is 2.04. The monoisotopic (exact) mass is 356 g/mol. The maximum atomic E-state index is 13.0. The van der Waals surface area contributed by atoms with Gasteiger partial charge in [0.2, 0.25) is 0 Å². The number of guanidine groups is 1. The number of carbonyl (C=O) groups excluding carboxylic acids is 1. The fourth-order valence-electron chi connectivity index (χ4n) is 2.32. The van der Waals surface area contributed by atoms with Crippen LogP contribution < -0.4 is 16.0 Å². The Kier molecular flexibility index (Phi) is 7.61. The van der Waals surface area contributed by atoms with Gasteiger partial charge in [-0.05, 0) is 49.2 Å². The van der Waals surface area contributed by atoms with Gasteiger partial charge in [-0.25, -0.2) is 9.38 Å². The SMILES string of the molecule is CCNC(=O)c1ccc(CN=C(NCC)NCc2ccc(F)cc2)cc1. The highest BCUT2D eigenvalue weighted by atomic mass is 19.1. The molecule has 138 valence electrons. The first-order chi connectivity index (χ1) is 12.6. The summed E-state index contributed by atoms with van der Waals surface area (Å²) in [5, 5.41) is 9.18. The summed E-state index contributed by atoms with van der Waals surface area (Å²) in [6.45, 7) is 6.29. The molecule has 26 heavy (non-hydrogen) atoms. The highest BCUT2D eigenvalue weighted by Crippen LogP contribution is 2.06. The fraction of sp³-hybridized carbons (Fsp3) is 0.300. The van der Waals surface area contributed by atoms with Crippen LogP contribution in [0.2, 0.25) is 0 Å². The minimum absolute atomic E-state index is 0.0724. The van der Waals surface area contributed by atoms with Crippen LogP contribution in [0.3, 0.4) is 0 Å². The van der Waals surface area contributed by atoms with Gasteiger partial charge in [0, 0.05) is 25.2 Å². The summed E-state index contributed by atoms with van der Waals surface area (Å²) in [5.41, 5.74) is 2.63. The van der Waals surface area contributed by atoms with Crippen LogP contribution in [0.1, 0.15) is 35.3 Å². The predicted octanol–water partition coefficient (Wildman–Crippen LogP) is 2.83. The molecule has 5 nitrogen and oxygen atoms in total. The van der Waals surface area contributed by atoms with Crippen molar-refractivity contribution in [1.29, 1.82) is 0 Å². The number of rotatable bonds is 7. The van der Waals surface area contributed by atoms with Crippen molar-refractivity contribution < 1.29 is 9.18 Å². The molecule has 1 amide bonds. The molecule has 3 N–H and O–H groups in total. The zero-order valence-corrected chi connectivity index (χ0v) is 15.2. The largest absolute Gasteiger partial charge is 0.357 e. The van der Waals surface area contributed by atoms with E-state index in [9.17, 15) is 9.18 Å². The molecule has 0 aliphatic rings. The second kappa shape index (κ2) is 10.2. The molecule has 2 aromatic rings. The lowest BCUT2D eigenvalue weighted by atomic mass is 10.1. The predicted molar refractivity (Wildman–Crippen MR) is 103 cm³/mol. The van der Waals surface area contributed by atoms with E-state index in [-0.39, 0.29) is 11.7 Å². The molecule has 6 heteroatoms. The zero-order chi connectivity index (χ0) is 18.8. The number of amides is 1. The van der Waals surface area contributed by atoms with E-state index in [1.165, 1.54) is 12.1 Å². The van der Waals surface area contributed by atoms with Gasteiger partial charge in [-0.15, -0.1) is 0 Å². The van der Waals surface area contributed by atoms with Crippen molar-refractivity contribution >= 4 is 11.9 Å². The normalized spacial score (nSPS) is 11.1. The lowest BCUT2D eigenvalue weighted by Gasteiger charge is -2.11. The van der Waals surface area contributed by atoms with Gasteiger partial charge in [0.1, 0.15) is 5.82 Å². The molecule has 0 aromatic heterocycles. The van der Waals surface area contributed by atoms with Crippen molar-refractivity contribution in [2.24, 2.45) is 4.99 Å². The van der Waals surface area contributed by atoms with Crippen LogP contribution >= 0.6 is 0 Å². The van der Waals surface area contributed by atoms with Crippen molar-refractivity contribution in [2.75, 3.05) is 13.1 Å². The topological polar surface area (TPSA) is 65.5 Å². The Morgan fingerprint density at radius 3 is 2.12 bits per heavy atom. The van der Waals surface area contributed by atoms with Gasteiger partial charge in [-0.2, -0.15) is 0 Å². The smallest absolute Gasteiger partial charge is 0.251 e. The van der Waals surface area contributed by atoms with E-state index in [0.29, 0.717) is 31.2 Å². The Hall–Kier alpha value is -2.89. The van der Waals surface area contributed by atoms with E-state index in [4.69, 9.17) is 0 Å². The zero-order valence-electron chi connectivity index (χ0n) is 15.2. The van der Waals surface area contributed by atoms with Crippen molar-refractivity contribution in [3.8, 4) is 0 Å². The third kappa shape index (κ3) is 6.20. The summed E-state index contributed by atoms with van der Waals surface area (Å²) in [6, 6.07) is 13.8. The molecule has 0 saturated heterocycles. The van der Waals surface area contributed by atoms with Crippen LogP contribution in [0, 0.1) is 5.82 Å². The molecular formula is C20H25FN4O. The summed E-state index contributed by atoms with van der Waals surface area (Å²) in [7, 11) is 0. The molecule has 0 fully saturated rings. The number of benzene rings is 2. The summed E-state index contributed by atoms with van der Waals surface area (Å²) >= 11 is 0. The van der Waals surface area contributed by atoms with Crippen LogP contribution in [0.15, 0.2) is 53.5 Å². The van der Waals surface area contributed by atoms with Gasteiger partial charge < -0.3 is 16.0 Å². The molecule has 0 saturated carbocycles. The standard InChI is InChI=1S/C20H25FN4O/c1-3-22-19(26)17-9-5-15(6-10-17)13-24-20(23-4-2)25-14-16-7-11-18(21)12-8-16/h5-12H,3-4,13-14H2,1-2H3,(H,22,26)(H2,23,24,25). The maximum Gasteiger partial charge on any atom is 0.251 e. The van der Waals surface area contributed by atoms with Gasteiger partial charge in [0.05, 0.1) is 6.54 Å². The van der Waals surface area contributed by atoms with E-state index in [1.807, 2.05) is 26.0 Å². The fourth-order valence-corrected chi connectivity index (χ4v) is 2.32. The van der Waals surface area contributed by atoms with Crippen LogP contribution in [0.25, 0.3) is 0 Å². The van der Waals surface area contributed by atoms with E-state index in [1.54, 1.807) is 24.3 Å². The number of halogens is 1. The molecule has 0 bridgehead atoms. The first-order valence-electron chi connectivity index (χ1n) is 8.76. The first kappa shape index (κ1) is 19.4. The van der Waals surface area contributed by atoms with E-state index in [0.717, 1.165) is 17.7 Å². The molecule has 0 spiro atoms.